The molecule has 0 N–H and O–H groups in total. The summed E-state index contributed by atoms with van der Waals surface area (Å²) in [5.74, 6) is 0.640. The minimum absolute atomic E-state index is 0.0219. The van der Waals surface area contributed by atoms with Gasteiger partial charge in [-0.15, -0.1) is 0 Å². The summed E-state index contributed by atoms with van der Waals surface area (Å²) in [6.45, 7) is 0. The van der Waals surface area contributed by atoms with Crippen molar-refractivity contribution in [2.24, 2.45) is 0 Å². The van der Waals surface area contributed by atoms with Crippen LogP contribution in [0.1, 0.15) is 11.0 Å². The molecule has 9 aromatic carbocycles. The van der Waals surface area contributed by atoms with Gasteiger partial charge in [-0.2, -0.15) is 0 Å². The van der Waals surface area contributed by atoms with E-state index >= 15 is 0 Å². The summed E-state index contributed by atoms with van der Waals surface area (Å²) >= 11 is 0. The summed E-state index contributed by atoms with van der Waals surface area (Å²) in [6, 6.07) is 53.5. The number of aromatic nitrogens is 4. The van der Waals surface area contributed by atoms with Gasteiger partial charge >= 0.3 is 0 Å². The number of para-hydroxylation sites is 7. The largest absolute Gasteiger partial charge is 0.456 e. The summed E-state index contributed by atoms with van der Waals surface area (Å²) < 4.78 is 85.5. The smallest absolute Gasteiger partial charge is 0.140 e. The average molecular weight is 825 g/mol. The summed E-state index contributed by atoms with van der Waals surface area (Å²) in [5.41, 5.74) is 9.21. The molecule has 0 aliphatic rings. The third-order valence-electron chi connectivity index (χ3n) is 12.7. The third-order valence-corrected chi connectivity index (χ3v) is 12.7. The van der Waals surface area contributed by atoms with Crippen LogP contribution in [0, 0.1) is 0 Å². The van der Waals surface area contributed by atoms with E-state index in [1.54, 1.807) is 0 Å². The van der Waals surface area contributed by atoms with E-state index in [4.69, 9.17) is 14.9 Å². The van der Waals surface area contributed by atoms with Crippen LogP contribution in [0.15, 0.2) is 223 Å². The third kappa shape index (κ3) is 4.92. The lowest BCUT2D eigenvalue weighted by Crippen LogP contribution is -2.06. The molecule has 14 aromatic rings. The van der Waals surface area contributed by atoms with Crippen molar-refractivity contribution >= 4 is 87.4 Å². The molecular formula is C59H36N4O. The van der Waals surface area contributed by atoms with Crippen LogP contribution in [0.5, 0.6) is 0 Å². The molecule has 0 saturated carbocycles. The van der Waals surface area contributed by atoms with E-state index in [0.29, 0.717) is 11.4 Å². The number of hydrogen-bond donors (Lipinski definition) is 0. The van der Waals surface area contributed by atoms with Crippen LogP contribution in [-0.4, -0.2) is 18.7 Å². The lowest BCUT2D eigenvalue weighted by atomic mass is 9.90. The molecule has 0 unspecified atom stereocenters. The van der Waals surface area contributed by atoms with Gasteiger partial charge in [-0.3, -0.25) is 9.13 Å². The Morgan fingerprint density at radius 1 is 0.375 bits per heavy atom. The van der Waals surface area contributed by atoms with Gasteiger partial charge in [0, 0.05) is 48.7 Å². The van der Waals surface area contributed by atoms with Crippen LogP contribution in [0.2, 0.25) is 0 Å². The molecule has 64 heavy (non-hydrogen) atoms. The molecule has 0 radical (unpaired) electrons. The highest BCUT2D eigenvalue weighted by atomic mass is 16.3. The van der Waals surface area contributed by atoms with Gasteiger partial charge in [0.1, 0.15) is 22.8 Å². The lowest BCUT2D eigenvalue weighted by molar-refractivity contribution is 0.669. The van der Waals surface area contributed by atoms with Crippen molar-refractivity contribution in [1.29, 1.82) is 0 Å². The molecule has 14 rings (SSSR count). The topological polar surface area (TPSA) is 40.8 Å². The van der Waals surface area contributed by atoms with Crippen molar-refractivity contribution in [2.45, 2.75) is 0 Å². The maximum Gasteiger partial charge on any atom is 0.140 e. The van der Waals surface area contributed by atoms with Crippen molar-refractivity contribution in [3.05, 3.63) is 218 Å². The highest BCUT2D eigenvalue weighted by Gasteiger charge is 2.24. The zero-order chi connectivity index (χ0) is 48.8. The van der Waals surface area contributed by atoms with Crippen molar-refractivity contribution < 1.29 is 15.4 Å². The van der Waals surface area contributed by atoms with Gasteiger partial charge in [-0.25, -0.2) is 4.98 Å². The number of rotatable bonds is 5. The number of furan rings is 1. The monoisotopic (exact) mass is 824 g/mol. The molecule has 0 bridgehead atoms. The minimum atomic E-state index is -0.516. The van der Waals surface area contributed by atoms with Crippen LogP contribution < -0.4 is 0 Å². The van der Waals surface area contributed by atoms with Crippen molar-refractivity contribution in [1.82, 2.24) is 18.7 Å². The second-order valence-electron chi connectivity index (χ2n) is 16.1. The summed E-state index contributed by atoms with van der Waals surface area (Å²) in [6.07, 6.45) is 0. The molecule has 5 heteroatoms. The fraction of sp³-hybridized carbons (Fsp3) is 0. The molecule has 0 aliphatic heterocycles. The second kappa shape index (κ2) is 13.4. The summed E-state index contributed by atoms with van der Waals surface area (Å²) in [7, 11) is 0. The normalized spacial score (nSPS) is 13.8. The SMILES string of the molecule is [2H]c1c([2H])c([2H])c2c(c1[2H])c1c([2H])c([2H])c([2H])c([2H])c1n2-c1cc(-c2c(-c3cccc4oc5ccccc5c34)cccc2-n2c3ccccc3c3ccccc32)cc(-n2c3ccccc3c3ccccc32)n1. The molecule has 298 valence electrons. The highest BCUT2D eigenvalue weighted by molar-refractivity contribution is 6.16. The number of nitrogens with zero attached hydrogens (tertiary/aromatic N) is 4. The maximum atomic E-state index is 9.51. The van der Waals surface area contributed by atoms with Crippen molar-refractivity contribution in [3.8, 4) is 39.6 Å². The molecule has 0 atom stereocenters. The van der Waals surface area contributed by atoms with E-state index in [-0.39, 0.29) is 27.6 Å². The Morgan fingerprint density at radius 3 is 1.42 bits per heavy atom. The van der Waals surface area contributed by atoms with E-state index in [2.05, 4.69) is 75.9 Å². The Kier molecular flexibility index (Phi) is 5.88. The lowest BCUT2D eigenvalue weighted by Gasteiger charge is -2.21. The number of fused-ring (bicyclic) bond motifs is 12. The van der Waals surface area contributed by atoms with E-state index in [9.17, 15) is 5.48 Å². The Bertz CT molecular complexity index is 4510. The van der Waals surface area contributed by atoms with Gasteiger partial charge in [0.15, 0.2) is 0 Å². The van der Waals surface area contributed by atoms with Crippen molar-refractivity contribution in [2.75, 3.05) is 0 Å². The van der Waals surface area contributed by atoms with Gasteiger partial charge in [-0.1, -0.05) is 152 Å². The molecular weight excluding hydrogens is 781 g/mol. The van der Waals surface area contributed by atoms with Gasteiger partial charge in [0.05, 0.1) is 49.8 Å². The fourth-order valence-corrected chi connectivity index (χ4v) is 10.1. The quantitative estimate of drug-likeness (QED) is 0.173. The number of pyridine rings is 1. The molecule has 5 aromatic heterocycles. The van der Waals surface area contributed by atoms with Crippen LogP contribution in [-0.2, 0) is 0 Å². The molecule has 0 spiro atoms. The zero-order valence-corrected chi connectivity index (χ0v) is 33.9. The summed E-state index contributed by atoms with van der Waals surface area (Å²) in [5, 5.41) is 5.95. The van der Waals surface area contributed by atoms with Gasteiger partial charge < -0.3 is 8.98 Å². The molecule has 0 fully saturated rings. The van der Waals surface area contributed by atoms with Crippen LogP contribution in [0.4, 0.5) is 0 Å². The van der Waals surface area contributed by atoms with Gasteiger partial charge in [0.25, 0.3) is 0 Å². The van der Waals surface area contributed by atoms with E-state index in [0.717, 1.165) is 87.9 Å². The van der Waals surface area contributed by atoms with Crippen molar-refractivity contribution in [3.63, 3.8) is 0 Å². The van der Waals surface area contributed by atoms with Gasteiger partial charge in [-0.05, 0) is 83.4 Å². The van der Waals surface area contributed by atoms with Crippen LogP contribution >= 0.6 is 0 Å². The number of benzene rings is 9. The molecule has 5 nitrogen and oxygen atoms in total. The molecule has 0 amide bonds. The predicted octanol–water partition coefficient (Wildman–Crippen LogP) is 15.6. The molecule has 0 saturated heterocycles. The van der Waals surface area contributed by atoms with Crippen LogP contribution in [0.25, 0.3) is 127 Å². The fourth-order valence-electron chi connectivity index (χ4n) is 10.1. The van der Waals surface area contributed by atoms with E-state index in [1.807, 2.05) is 103 Å². The first-order valence-electron chi connectivity index (χ1n) is 25.1. The Morgan fingerprint density at radius 2 is 0.828 bits per heavy atom. The first-order chi connectivity index (χ1) is 35.1. The highest BCUT2D eigenvalue weighted by Crippen LogP contribution is 2.46. The average Bonchev–Trinajstić information content (AvgIpc) is 4.18. The first kappa shape index (κ1) is 28.0. The predicted molar refractivity (Wildman–Crippen MR) is 265 cm³/mol. The Hall–Kier alpha value is -8.67. The standard InChI is InChI=1S/C59H36N4O/c1-8-26-47-38(17-1)39-18-2-9-27-48(39)61(47)53-32-15-24-44(45-25-16-34-55-59(45)46-23-7-14-33-54(46)64-55)58(53)37-35-56(62-49-28-10-3-19-40(49)41-20-4-11-29-50(41)62)60-57(36-37)63-51-30-12-5-21-42(51)43-22-6-13-31-52(43)63/h1-36H/i3D,4D,10D,11D,19D,20D,28D,29D. The van der Waals surface area contributed by atoms with E-state index in [1.165, 1.54) is 4.57 Å². The van der Waals surface area contributed by atoms with Gasteiger partial charge in [0.2, 0.25) is 0 Å². The Balaban J connectivity index is 1.21. The second-order valence-corrected chi connectivity index (χ2v) is 16.1. The van der Waals surface area contributed by atoms with E-state index < -0.39 is 48.3 Å². The minimum Gasteiger partial charge on any atom is -0.456 e. The first-order valence-corrected chi connectivity index (χ1v) is 21.1. The Labute approximate surface area is 378 Å². The van der Waals surface area contributed by atoms with Crippen LogP contribution in [0.3, 0.4) is 0 Å². The summed E-state index contributed by atoms with van der Waals surface area (Å²) in [4.78, 5) is 5.47. The zero-order valence-electron chi connectivity index (χ0n) is 41.9. The molecule has 5 heterocycles. The number of hydrogen-bond acceptors (Lipinski definition) is 2. The molecule has 0 aliphatic carbocycles. The maximum absolute atomic E-state index is 9.51.